The Kier molecular flexibility index (Phi) is 5.97. The Labute approximate surface area is 161 Å². The Morgan fingerprint density at radius 1 is 0.800 bits per heavy atom. The summed E-state index contributed by atoms with van der Waals surface area (Å²) in [6.07, 6.45) is 7.82. The second-order valence-electron chi connectivity index (χ2n) is 8.82. The fourth-order valence-corrected chi connectivity index (χ4v) is 5.78. The Bertz CT molecular complexity index is 533. The fraction of sp³-hybridized carbons (Fsp3) is 0.727. The molecule has 1 aromatic rings. The summed E-state index contributed by atoms with van der Waals surface area (Å²) in [4.78, 5) is 0. The highest BCUT2D eigenvalue weighted by molar-refractivity contribution is 9.10. The van der Waals surface area contributed by atoms with E-state index >= 15 is 0 Å². The van der Waals surface area contributed by atoms with Crippen molar-refractivity contribution in [3.8, 4) is 0 Å². The maximum absolute atomic E-state index is 6.15. The third-order valence-electron chi connectivity index (χ3n) is 6.36. The summed E-state index contributed by atoms with van der Waals surface area (Å²) < 4.78 is 13.5. The first kappa shape index (κ1) is 19.4. The molecule has 2 heterocycles. The average molecular weight is 409 g/mol. The molecule has 3 rings (SSSR count). The van der Waals surface area contributed by atoms with Gasteiger partial charge >= 0.3 is 0 Å². The van der Waals surface area contributed by atoms with Crippen molar-refractivity contribution < 1.29 is 9.47 Å². The lowest BCUT2D eigenvalue weighted by Crippen LogP contribution is -2.41. The number of hydrogen-bond acceptors (Lipinski definition) is 2. The summed E-state index contributed by atoms with van der Waals surface area (Å²) in [7, 11) is 0. The van der Waals surface area contributed by atoms with Crippen molar-refractivity contribution >= 4 is 15.9 Å². The molecule has 0 saturated carbocycles. The molecule has 2 atom stereocenters. The predicted molar refractivity (Wildman–Crippen MR) is 107 cm³/mol. The second kappa shape index (κ2) is 7.70. The molecule has 0 radical (unpaired) electrons. The van der Waals surface area contributed by atoms with Gasteiger partial charge in [0, 0.05) is 28.5 Å². The van der Waals surface area contributed by atoms with E-state index in [9.17, 15) is 0 Å². The van der Waals surface area contributed by atoms with Gasteiger partial charge in [0.2, 0.25) is 0 Å². The zero-order valence-electron chi connectivity index (χ0n) is 16.2. The number of rotatable bonds is 4. The monoisotopic (exact) mass is 408 g/mol. The van der Waals surface area contributed by atoms with E-state index in [1.165, 1.54) is 41.3 Å². The Morgan fingerprint density at radius 3 is 1.60 bits per heavy atom. The standard InChI is InChI=1S/C22H33BrO2/c1-21(2,18-12-5-7-14-24-18)16-10-9-11-17(20(16)23)22(3,4)19-13-6-8-15-25-19/h9-11,18-19H,5-8,12-15H2,1-4H3. The fourth-order valence-electron chi connectivity index (χ4n) is 4.49. The molecule has 2 fully saturated rings. The molecule has 25 heavy (non-hydrogen) atoms. The first-order valence-electron chi connectivity index (χ1n) is 9.88. The van der Waals surface area contributed by atoms with Crippen LogP contribution in [0.1, 0.15) is 77.3 Å². The van der Waals surface area contributed by atoms with Gasteiger partial charge in [0.05, 0.1) is 12.2 Å². The van der Waals surface area contributed by atoms with Gasteiger partial charge in [-0.25, -0.2) is 0 Å². The first-order chi connectivity index (χ1) is 11.8. The van der Waals surface area contributed by atoms with Crippen molar-refractivity contribution in [2.45, 2.75) is 89.3 Å². The maximum atomic E-state index is 6.15. The molecule has 2 nitrogen and oxygen atoms in total. The third kappa shape index (κ3) is 3.84. The van der Waals surface area contributed by atoms with Crippen molar-refractivity contribution in [1.29, 1.82) is 0 Å². The van der Waals surface area contributed by atoms with Crippen molar-refractivity contribution in [3.63, 3.8) is 0 Å². The lowest BCUT2D eigenvalue weighted by Gasteiger charge is -2.41. The van der Waals surface area contributed by atoms with E-state index in [1.807, 2.05) is 0 Å². The molecule has 2 saturated heterocycles. The Hall–Kier alpha value is -0.380. The van der Waals surface area contributed by atoms with E-state index in [1.54, 1.807) is 0 Å². The van der Waals surface area contributed by atoms with E-state index in [2.05, 4.69) is 61.8 Å². The second-order valence-corrected chi connectivity index (χ2v) is 9.61. The van der Waals surface area contributed by atoms with Crippen molar-refractivity contribution in [3.05, 3.63) is 33.8 Å². The van der Waals surface area contributed by atoms with Crippen LogP contribution < -0.4 is 0 Å². The van der Waals surface area contributed by atoms with Gasteiger partial charge in [-0.05, 0) is 49.7 Å². The molecule has 0 aliphatic carbocycles. The predicted octanol–water partition coefficient (Wildman–Crippen LogP) is 6.14. The minimum absolute atomic E-state index is 0.00122. The minimum Gasteiger partial charge on any atom is -0.377 e. The van der Waals surface area contributed by atoms with Crippen LogP contribution in [0.25, 0.3) is 0 Å². The van der Waals surface area contributed by atoms with Crippen LogP contribution in [0.15, 0.2) is 22.7 Å². The molecule has 140 valence electrons. The third-order valence-corrected chi connectivity index (χ3v) is 7.21. The molecule has 3 heteroatoms. The van der Waals surface area contributed by atoms with E-state index in [-0.39, 0.29) is 10.8 Å². The van der Waals surface area contributed by atoms with E-state index in [0.717, 1.165) is 26.1 Å². The summed E-state index contributed by atoms with van der Waals surface area (Å²) in [6.45, 7) is 11.1. The molecule has 0 bridgehead atoms. The topological polar surface area (TPSA) is 18.5 Å². The lowest BCUT2D eigenvalue weighted by molar-refractivity contribution is -0.0278. The summed E-state index contributed by atoms with van der Waals surface area (Å²) >= 11 is 3.98. The van der Waals surface area contributed by atoms with Crippen LogP contribution in [0.4, 0.5) is 0 Å². The lowest BCUT2D eigenvalue weighted by atomic mass is 9.72. The minimum atomic E-state index is -0.00122. The van der Waals surface area contributed by atoms with Crippen LogP contribution in [-0.2, 0) is 20.3 Å². The molecule has 2 aliphatic rings. The molecular weight excluding hydrogens is 376 g/mol. The number of halogens is 1. The Balaban J connectivity index is 1.93. The normalized spacial score (nSPS) is 25.8. The molecule has 1 aromatic carbocycles. The van der Waals surface area contributed by atoms with Crippen LogP contribution in [-0.4, -0.2) is 25.4 Å². The summed E-state index contributed by atoms with van der Waals surface area (Å²) in [6, 6.07) is 6.75. The van der Waals surface area contributed by atoms with Gasteiger partial charge in [-0.1, -0.05) is 61.8 Å². The van der Waals surface area contributed by atoms with Crippen LogP contribution in [0.5, 0.6) is 0 Å². The summed E-state index contributed by atoms with van der Waals surface area (Å²) in [5.41, 5.74) is 2.72. The van der Waals surface area contributed by atoms with E-state index < -0.39 is 0 Å². The Morgan fingerprint density at radius 2 is 1.24 bits per heavy atom. The highest BCUT2D eigenvalue weighted by Crippen LogP contribution is 2.44. The molecule has 0 N–H and O–H groups in total. The highest BCUT2D eigenvalue weighted by Gasteiger charge is 2.39. The molecule has 2 unspecified atom stereocenters. The van der Waals surface area contributed by atoms with Gasteiger partial charge in [-0.3, -0.25) is 0 Å². The maximum Gasteiger partial charge on any atom is 0.0666 e. The smallest absolute Gasteiger partial charge is 0.0666 e. The highest BCUT2D eigenvalue weighted by atomic mass is 79.9. The largest absolute Gasteiger partial charge is 0.377 e. The molecule has 0 spiro atoms. The van der Waals surface area contributed by atoms with E-state index in [0.29, 0.717) is 12.2 Å². The molecule has 0 amide bonds. The van der Waals surface area contributed by atoms with Gasteiger partial charge in [-0.15, -0.1) is 0 Å². The molecule has 2 aliphatic heterocycles. The number of ether oxygens (including phenoxy) is 2. The van der Waals surface area contributed by atoms with Crippen LogP contribution in [0, 0.1) is 0 Å². The number of benzene rings is 1. The van der Waals surface area contributed by atoms with Gasteiger partial charge in [0.15, 0.2) is 0 Å². The quantitative estimate of drug-likeness (QED) is 0.595. The average Bonchev–Trinajstić information content (AvgIpc) is 2.63. The van der Waals surface area contributed by atoms with Crippen molar-refractivity contribution in [1.82, 2.24) is 0 Å². The number of hydrogen-bond donors (Lipinski definition) is 0. The molecular formula is C22H33BrO2. The van der Waals surface area contributed by atoms with Gasteiger partial charge < -0.3 is 9.47 Å². The summed E-state index contributed by atoms with van der Waals surface area (Å²) in [5, 5.41) is 0. The first-order valence-corrected chi connectivity index (χ1v) is 10.7. The molecule has 0 aromatic heterocycles. The van der Waals surface area contributed by atoms with Crippen LogP contribution in [0.2, 0.25) is 0 Å². The van der Waals surface area contributed by atoms with Crippen molar-refractivity contribution in [2.24, 2.45) is 0 Å². The van der Waals surface area contributed by atoms with E-state index in [4.69, 9.17) is 9.47 Å². The van der Waals surface area contributed by atoms with Gasteiger partial charge in [-0.2, -0.15) is 0 Å². The van der Waals surface area contributed by atoms with Crippen LogP contribution in [0.3, 0.4) is 0 Å². The zero-order valence-corrected chi connectivity index (χ0v) is 17.8. The SMILES string of the molecule is CC(C)(c1cccc(C(C)(C)C2CCCCO2)c1Br)C1CCCCO1. The zero-order chi connectivity index (χ0) is 18.1. The van der Waals surface area contributed by atoms with Gasteiger partial charge in [0.25, 0.3) is 0 Å². The summed E-state index contributed by atoms with van der Waals surface area (Å²) in [5.74, 6) is 0. The van der Waals surface area contributed by atoms with Crippen LogP contribution >= 0.6 is 15.9 Å². The van der Waals surface area contributed by atoms with Gasteiger partial charge in [0.1, 0.15) is 0 Å². The van der Waals surface area contributed by atoms with Crippen molar-refractivity contribution in [2.75, 3.05) is 13.2 Å².